The highest BCUT2D eigenvalue weighted by molar-refractivity contribution is 5.44. The number of hydrogen-bond acceptors (Lipinski definition) is 5. The normalized spacial score (nSPS) is 19.8. The number of fused-ring (bicyclic) bond motifs is 1. The molecule has 1 aromatic rings. The molecule has 0 saturated carbocycles. The topological polar surface area (TPSA) is 37.0 Å². The molecule has 128 valence electrons. The molecule has 0 spiro atoms. The molecule has 3 rings (SSSR count). The number of ether oxygens (including phenoxy) is 2. The number of likely N-dealkylation sites (N-methyl/N-ethyl adjacent to an activating group) is 1. The van der Waals surface area contributed by atoms with E-state index in [0.29, 0.717) is 19.3 Å². The van der Waals surface area contributed by atoms with Gasteiger partial charge in [-0.1, -0.05) is 19.9 Å². The fourth-order valence-corrected chi connectivity index (χ4v) is 3.50. The summed E-state index contributed by atoms with van der Waals surface area (Å²) in [4.78, 5) is 5.10. The van der Waals surface area contributed by atoms with Crippen LogP contribution in [0.3, 0.4) is 0 Å². The molecule has 5 nitrogen and oxygen atoms in total. The first kappa shape index (κ1) is 16.6. The summed E-state index contributed by atoms with van der Waals surface area (Å²) in [6.07, 6.45) is 0. The van der Waals surface area contributed by atoms with Gasteiger partial charge in [-0.3, -0.25) is 9.80 Å². The number of benzene rings is 1. The Bertz CT molecular complexity index is 499. The van der Waals surface area contributed by atoms with Gasteiger partial charge in [-0.05, 0) is 30.8 Å². The zero-order valence-corrected chi connectivity index (χ0v) is 14.4. The van der Waals surface area contributed by atoms with Crippen LogP contribution in [0.4, 0.5) is 0 Å². The monoisotopic (exact) mass is 319 g/mol. The van der Waals surface area contributed by atoms with Crippen molar-refractivity contribution in [1.29, 1.82) is 0 Å². The molecule has 0 bridgehead atoms. The second kappa shape index (κ2) is 7.99. The van der Waals surface area contributed by atoms with Crippen LogP contribution in [0.15, 0.2) is 18.2 Å². The van der Waals surface area contributed by atoms with E-state index in [0.717, 1.165) is 57.3 Å². The zero-order valence-electron chi connectivity index (χ0n) is 14.4. The van der Waals surface area contributed by atoms with Gasteiger partial charge in [0.2, 0.25) is 0 Å². The fourth-order valence-electron chi connectivity index (χ4n) is 3.50. The maximum Gasteiger partial charge on any atom is 0.161 e. The Morgan fingerprint density at radius 1 is 1.09 bits per heavy atom. The summed E-state index contributed by atoms with van der Waals surface area (Å²) in [5.74, 6) is 1.77. The largest absolute Gasteiger partial charge is 0.486 e. The first-order chi connectivity index (χ1) is 11.3. The van der Waals surface area contributed by atoms with Gasteiger partial charge in [0.25, 0.3) is 0 Å². The number of piperazine rings is 1. The maximum absolute atomic E-state index is 5.78. The van der Waals surface area contributed by atoms with Crippen LogP contribution >= 0.6 is 0 Å². The molecule has 0 aromatic heterocycles. The smallest absolute Gasteiger partial charge is 0.161 e. The zero-order chi connectivity index (χ0) is 16.1. The van der Waals surface area contributed by atoms with Crippen molar-refractivity contribution in [1.82, 2.24) is 15.1 Å². The van der Waals surface area contributed by atoms with E-state index in [2.05, 4.69) is 47.2 Å². The van der Waals surface area contributed by atoms with Crippen LogP contribution in [0.1, 0.15) is 25.5 Å². The minimum absolute atomic E-state index is 0.402. The lowest BCUT2D eigenvalue weighted by atomic mass is 10.0. The van der Waals surface area contributed by atoms with E-state index >= 15 is 0 Å². The molecular weight excluding hydrogens is 290 g/mol. The highest BCUT2D eigenvalue weighted by Gasteiger charge is 2.24. The van der Waals surface area contributed by atoms with Crippen molar-refractivity contribution < 1.29 is 9.47 Å². The molecule has 1 fully saturated rings. The van der Waals surface area contributed by atoms with E-state index in [9.17, 15) is 0 Å². The molecule has 1 atom stereocenters. The molecule has 2 aliphatic rings. The molecule has 1 saturated heterocycles. The van der Waals surface area contributed by atoms with E-state index in [-0.39, 0.29) is 0 Å². The molecule has 1 aromatic carbocycles. The summed E-state index contributed by atoms with van der Waals surface area (Å²) in [6, 6.07) is 6.86. The van der Waals surface area contributed by atoms with Crippen molar-refractivity contribution in [3.63, 3.8) is 0 Å². The van der Waals surface area contributed by atoms with Crippen molar-refractivity contribution in [2.45, 2.75) is 19.9 Å². The number of nitrogens with one attached hydrogen (secondary N) is 1. The number of nitrogens with zero attached hydrogens (tertiary/aromatic N) is 2. The molecular formula is C18H29N3O2. The van der Waals surface area contributed by atoms with Gasteiger partial charge in [0, 0.05) is 38.8 Å². The quantitative estimate of drug-likeness (QED) is 0.864. The Balaban J connectivity index is 1.81. The Hall–Kier alpha value is -1.30. The van der Waals surface area contributed by atoms with Crippen molar-refractivity contribution >= 4 is 0 Å². The molecule has 0 aliphatic carbocycles. The van der Waals surface area contributed by atoms with Crippen LogP contribution in [-0.2, 0) is 0 Å². The van der Waals surface area contributed by atoms with Gasteiger partial charge < -0.3 is 14.8 Å². The lowest BCUT2D eigenvalue weighted by Gasteiger charge is -2.36. The molecule has 1 unspecified atom stereocenters. The number of rotatable bonds is 6. The molecule has 2 aliphatic heterocycles. The summed E-state index contributed by atoms with van der Waals surface area (Å²) in [5.41, 5.74) is 1.33. The highest BCUT2D eigenvalue weighted by Crippen LogP contribution is 2.34. The van der Waals surface area contributed by atoms with Crippen molar-refractivity contribution in [2.75, 3.05) is 59.0 Å². The van der Waals surface area contributed by atoms with Gasteiger partial charge in [0.15, 0.2) is 11.5 Å². The minimum atomic E-state index is 0.402. The highest BCUT2D eigenvalue weighted by atomic mass is 16.6. The van der Waals surface area contributed by atoms with Gasteiger partial charge in [-0.25, -0.2) is 0 Å². The molecule has 0 amide bonds. The number of hydrogen-bond donors (Lipinski definition) is 1. The molecule has 5 heteroatoms. The third-order valence-electron chi connectivity index (χ3n) is 4.84. The Morgan fingerprint density at radius 2 is 1.78 bits per heavy atom. The summed E-state index contributed by atoms with van der Waals surface area (Å²) in [6.45, 7) is 13.4. The Labute approximate surface area is 139 Å². The van der Waals surface area contributed by atoms with Gasteiger partial charge in [0.1, 0.15) is 13.2 Å². The third-order valence-corrected chi connectivity index (χ3v) is 4.84. The van der Waals surface area contributed by atoms with Crippen molar-refractivity contribution in [2.24, 2.45) is 0 Å². The molecule has 23 heavy (non-hydrogen) atoms. The summed E-state index contributed by atoms with van der Waals surface area (Å²) >= 11 is 0. The Morgan fingerprint density at radius 3 is 2.48 bits per heavy atom. The van der Waals surface area contributed by atoms with E-state index < -0.39 is 0 Å². The summed E-state index contributed by atoms with van der Waals surface area (Å²) in [7, 11) is 0. The van der Waals surface area contributed by atoms with Gasteiger partial charge in [-0.15, -0.1) is 0 Å². The minimum Gasteiger partial charge on any atom is -0.486 e. The van der Waals surface area contributed by atoms with Gasteiger partial charge in [0.05, 0.1) is 0 Å². The predicted molar refractivity (Wildman–Crippen MR) is 92.4 cm³/mol. The van der Waals surface area contributed by atoms with E-state index in [1.54, 1.807) is 0 Å². The average molecular weight is 319 g/mol. The van der Waals surface area contributed by atoms with Crippen LogP contribution < -0.4 is 14.8 Å². The van der Waals surface area contributed by atoms with Crippen molar-refractivity contribution in [3.8, 4) is 11.5 Å². The maximum atomic E-state index is 5.78. The SMILES string of the molecule is CCN(CC)C(CN1CCNCC1)c1ccc2c(c1)OCCO2. The first-order valence-corrected chi connectivity index (χ1v) is 8.88. The lowest BCUT2D eigenvalue weighted by Crippen LogP contribution is -2.47. The van der Waals surface area contributed by atoms with Crippen LogP contribution in [0.25, 0.3) is 0 Å². The van der Waals surface area contributed by atoms with E-state index in [1.165, 1.54) is 5.56 Å². The molecule has 0 radical (unpaired) electrons. The first-order valence-electron chi connectivity index (χ1n) is 8.88. The summed E-state index contributed by atoms with van der Waals surface area (Å²) < 4.78 is 11.4. The second-order valence-corrected chi connectivity index (χ2v) is 6.19. The average Bonchev–Trinajstić information content (AvgIpc) is 2.62. The fraction of sp³-hybridized carbons (Fsp3) is 0.667. The summed E-state index contributed by atoms with van der Waals surface area (Å²) in [5, 5.41) is 3.43. The van der Waals surface area contributed by atoms with Crippen LogP contribution in [-0.4, -0.2) is 68.8 Å². The van der Waals surface area contributed by atoms with E-state index in [1.807, 2.05) is 0 Å². The standard InChI is InChI=1S/C18H29N3O2/c1-3-21(4-2)16(14-20-9-7-19-8-10-20)15-5-6-17-18(13-15)23-12-11-22-17/h5-6,13,16,19H,3-4,7-12,14H2,1-2H3. The lowest BCUT2D eigenvalue weighted by molar-refractivity contribution is 0.137. The van der Waals surface area contributed by atoms with Crippen LogP contribution in [0, 0.1) is 0 Å². The van der Waals surface area contributed by atoms with Crippen LogP contribution in [0.2, 0.25) is 0 Å². The predicted octanol–water partition coefficient (Wildman–Crippen LogP) is 1.75. The molecule has 2 heterocycles. The molecule has 1 N–H and O–H groups in total. The Kier molecular flexibility index (Phi) is 5.75. The van der Waals surface area contributed by atoms with Crippen LogP contribution in [0.5, 0.6) is 11.5 Å². The van der Waals surface area contributed by atoms with Gasteiger partial charge >= 0.3 is 0 Å². The third kappa shape index (κ3) is 3.97. The second-order valence-electron chi connectivity index (χ2n) is 6.19. The van der Waals surface area contributed by atoms with E-state index in [4.69, 9.17) is 9.47 Å². The van der Waals surface area contributed by atoms with Crippen molar-refractivity contribution in [3.05, 3.63) is 23.8 Å². The van der Waals surface area contributed by atoms with Gasteiger partial charge in [-0.2, -0.15) is 0 Å².